The molecule has 0 aliphatic rings. The van der Waals surface area contributed by atoms with Crippen molar-refractivity contribution in [2.45, 2.75) is 13.8 Å². The molecule has 0 unspecified atom stereocenters. The van der Waals surface area contributed by atoms with Crippen molar-refractivity contribution in [1.82, 2.24) is 18.8 Å². The van der Waals surface area contributed by atoms with Crippen LogP contribution in [0.4, 0.5) is 11.4 Å². The zero-order valence-corrected chi connectivity index (χ0v) is 25.7. The molecule has 0 amide bonds. The zero-order chi connectivity index (χ0) is 32.5. The lowest BCUT2D eigenvalue weighted by Crippen LogP contribution is -2.14. The molecule has 226 valence electrons. The van der Waals surface area contributed by atoms with Crippen LogP contribution in [0, 0.1) is 24.0 Å². The number of pyridine rings is 2. The Labute approximate surface area is 268 Å². The first-order valence-electron chi connectivity index (χ1n) is 15.6. The third kappa shape index (κ3) is 2.75. The van der Waals surface area contributed by atoms with Gasteiger partial charge in [-0.1, -0.05) is 36.9 Å². The van der Waals surface area contributed by atoms with Crippen LogP contribution >= 0.6 is 0 Å². The summed E-state index contributed by atoms with van der Waals surface area (Å²) >= 11 is 0. The van der Waals surface area contributed by atoms with Gasteiger partial charge in [-0.05, 0) is 88.1 Å². The number of rotatable bonds is 1. The van der Waals surface area contributed by atoms with E-state index in [4.69, 9.17) is 15.7 Å². The molecule has 0 saturated heterocycles. The lowest BCUT2D eigenvalue weighted by Gasteiger charge is -2.18. The summed E-state index contributed by atoms with van der Waals surface area (Å²) in [6.07, 6.45) is 0. The predicted octanol–water partition coefficient (Wildman–Crippen LogP) is 7.68. The lowest BCUT2D eigenvalue weighted by atomic mass is 9.86. The molecular weight excluding hydrogens is 600 g/mol. The number of nitrogens with zero attached hydrogens (tertiary/aromatic N) is 5. The number of fused-ring (bicyclic) bond motifs is 10. The van der Waals surface area contributed by atoms with E-state index in [2.05, 4.69) is 49.0 Å². The Hall–Kier alpha value is -6.61. The number of hydrogen-bond acceptors (Lipinski definition) is 6. The van der Waals surface area contributed by atoms with Crippen molar-refractivity contribution < 1.29 is 4.92 Å². The maximum Gasteiger partial charge on any atom is 0.274 e. The molecule has 0 saturated carbocycles. The summed E-state index contributed by atoms with van der Waals surface area (Å²) < 4.78 is 3.73. The molecule has 0 radical (unpaired) electrons. The van der Waals surface area contributed by atoms with Crippen LogP contribution in [-0.4, -0.2) is 23.7 Å². The first-order valence-corrected chi connectivity index (χ1v) is 15.6. The first kappa shape index (κ1) is 25.6. The van der Waals surface area contributed by atoms with Crippen molar-refractivity contribution in [3.8, 4) is 0 Å². The molecular formula is C39H22N6O3. The fraction of sp³-hybridized carbons (Fsp3) is 0.0513. The van der Waals surface area contributed by atoms with E-state index in [1.54, 1.807) is 17.4 Å². The van der Waals surface area contributed by atoms with Crippen LogP contribution in [-0.2, 0) is 0 Å². The molecule has 11 aromatic rings. The summed E-state index contributed by atoms with van der Waals surface area (Å²) in [4.78, 5) is 35.4. The fourth-order valence-corrected chi connectivity index (χ4v) is 8.42. The molecule has 0 spiro atoms. The highest BCUT2D eigenvalue weighted by molar-refractivity contribution is 6.40. The molecule has 0 atom stereocenters. The van der Waals surface area contributed by atoms with Gasteiger partial charge in [0.15, 0.2) is 0 Å². The molecule has 7 aromatic carbocycles. The quantitative estimate of drug-likeness (QED) is 0.0659. The smallest absolute Gasteiger partial charge is 0.274 e. The van der Waals surface area contributed by atoms with E-state index >= 15 is 0 Å². The van der Waals surface area contributed by atoms with E-state index in [1.807, 2.05) is 35.6 Å². The summed E-state index contributed by atoms with van der Waals surface area (Å²) in [5.74, 6) is 0. The first-order chi connectivity index (χ1) is 23.2. The molecule has 0 fully saturated rings. The highest BCUT2D eigenvalue weighted by atomic mass is 16.6. The topological polar surface area (TPSA) is 121 Å². The number of nitrogen functional groups attached to an aromatic ring is 1. The summed E-state index contributed by atoms with van der Waals surface area (Å²) in [7, 11) is 0. The maximum atomic E-state index is 14.2. The second-order valence-corrected chi connectivity index (χ2v) is 13.0. The predicted molar refractivity (Wildman–Crippen MR) is 194 cm³/mol. The van der Waals surface area contributed by atoms with Gasteiger partial charge in [0.1, 0.15) is 11.3 Å². The molecule has 4 aromatic heterocycles. The van der Waals surface area contributed by atoms with Crippen molar-refractivity contribution >= 4 is 116 Å². The highest BCUT2D eigenvalue weighted by Gasteiger charge is 2.24. The molecule has 48 heavy (non-hydrogen) atoms. The number of anilines is 1. The van der Waals surface area contributed by atoms with Crippen LogP contribution in [0.5, 0.6) is 0 Å². The SMILES string of the molecule is C=c1c2ccc3c4ccc5c6c(ccc(c7ccc(c2c73)c2nc3cc([N+](=O)[O-])c(C)cc3n12)c46)c(=O)n1c2cc(C)c(N)cc2nc51. The van der Waals surface area contributed by atoms with Crippen LogP contribution in [0.3, 0.4) is 0 Å². The minimum atomic E-state index is -0.365. The number of nitro groups is 1. The Kier molecular flexibility index (Phi) is 4.27. The van der Waals surface area contributed by atoms with Crippen LogP contribution in [0.15, 0.2) is 77.6 Å². The Morgan fingerprint density at radius 3 is 1.73 bits per heavy atom. The van der Waals surface area contributed by atoms with E-state index < -0.39 is 0 Å². The van der Waals surface area contributed by atoms with Gasteiger partial charge in [0.25, 0.3) is 11.2 Å². The monoisotopic (exact) mass is 622 g/mol. The summed E-state index contributed by atoms with van der Waals surface area (Å²) in [6, 6.07) is 23.9. The minimum Gasteiger partial charge on any atom is -0.398 e. The van der Waals surface area contributed by atoms with Gasteiger partial charge in [0, 0.05) is 55.0 Å². The van der Waals surface area contributed by atoms with Crippen molar-refractivity contribution in [3.63, 3.8) is 0 Å². The van der Waals surface area contributed by atoms with Crippen LogP contribution < -0.4 is 16.6 Å². The van der Waals surface area contributed by atoms with Crippen LogP contribution in [0.1, 0.15) is 11.1 Å². The van der Waals surface area contributed by atoms with Gasteiger partial charge < -0.3 is 5.73 Å². The molecule has 0 aliphatic carbocycles. The van der Waals surface area contributed by atoms with Crippen molar-refractivity contribution in [2.24, 2.45) is 0 Å². The van der Waals surface area contributed by atoms with Crippen LogP contribution in [0.2, 0.25) is 0 Å². The number of nitrogens with two attached hydrogens (primary N) is 1. The average Bonchev–Trinajstić information content (AvgIpc) is 3.63. The van der Waals surface area contributed by atoms with Gasteiger partial charge >= 0.3 is 0 Å². The Morgan fingerprint density at radius 2 is 1.10 bits per heavy atom. The number of aryl methyl sites for hydroxylation is 2. The molecule has 2 N–H and O–H groups in total. The molecule has 0 aliphatic heterocycles. The second kappa shape index (κ2) is 8.02. The Balaban J connectivity index is 1.33. The average molecular weight is 623 g/mol. The molecule has 11 rings (SSSR count). The molecule has 9 nitrogen and oxygen atoms in total. The van der Waals surface area contributed by atoms with E-state index in [1.165, 1.54) is 0 Å². The normalized spacial score (nSPS) is 12.8. The second-order valence-electron chi connectivity index (χ2n) is 13.0. The highest BCUT2D eigenvalue weighted by Crippen LogP contribution is 2.46. The van der Waals surface area contributed by atoms with Gasteiger partial charge in [-0.2, -0.15) is 0 Å². The summed E-state index contributed by atoms with van der Waals surface area (Å²) in [5.41, 5.74) is 12.4. The van der Waals surface area contributed by atoms with Gasteiger partial charge in [0.2, 0.25) is 0 Å². The molecule has 0 bridgehead atoms. The number of benzene rings is 7. The Morgan fingerprint density at radius 1 is 0.646 bits per heavy atom. The molecule has 4 heterocycles. The van der Waals surface area contributed by atoms with E-state index in [0.29, 0.717) is 39.0 Å². The number of imidazole rings is 2. The fourth-order valence-electron chi connectivity index (χ4n) is 8.42. The van der Waals surface area contributed by atoms with E-state index in [9.17, 15) is 14.9 Å². The van der Waals surface area contributed by atoms with Gasteiger partial charge in [-0.3, -0.25) is 23.7 Å². The standard InChI is InChI=1S/C39H22N6O3/c1-16-12-32-28(14-27(16)40)41-38-25-10-7-22-20-5-4-19-18(3)43-31-13-17(2)30(45(47)48)15-29(31)42-37(43)24-9-6-21(34(20)33(19)24)23-8-11-26(36(25)35(22)23)39(46)44(32)38/h4-15H,3,40H2,1-2H3. The van der Waals surface area contributed by atoms with Crippen molar-refractivity contribution in [1.29, 1.82) is 0 Å². The maximum absolute atomic E-state index is 14.2. The van der Waals surface area contributed by atoms with Crippen molar-refractivity contribution in [3.05, 3.63) is 110 Å². The summed E-state index contributed by atoms with van der Waals surface area (Å²) in [5, 5.41) is 24.3. The van der Waals surface area contributed by atoms with Gasteiger partial charge in [0.05, 0.1) is 27.0 Å². The number of aromatic nitrogens is 4. The van der Waals surface area contributed by atoms with Gasteiger partial charge in [-0.15, -0.1) is 0 Å². The number of nitro benzene ring substituents is 1. The molecule has 9 heteroatoms. The third-order valence-electron chi connectivity index (χ3n) is 10.6. The van der Waals surface area contributed by atoms with Crippen LogP contribution in [0.25, 0.3) is 105 Å². The summed E-state index contributed by atoms with van der Waals surface area (Å²) in [6.45, 7) is 8.19. The number of hydrogen-bond donors (Lipinski definition) is 1. The lowest BCUT2D eigenvalue weighted by molar-refractivity contribution is -0.385. The zero-order valence-electron chi connectivity index (χ0n) is 25.7. The van der Waals surface area contributed by atoms with E-state index in [-0.39, 0.29) is 16.2 Å². The third-order valence-corrected chi connectivity index (χ3v) is 10.6. The largest absolute Gasteiger partial charge is 0.398 e. The van der Waals surface area contributed by atoms with Crippen molar-refractivity contribution in [2.75, 3.05) is 5.73 Å². The van der Waals surface area contributed by atoms with Gasteiger partial charge in [-0.25, -0.2) is 9.97 Å². The van der Waals surface area contributed by atoms with E-state index in [0.717, 1.165) is 81.2 Å². The Bertz CT molecular complexity index is 3430. The minimum absolute atomic E-state index is 0.0446.